The highest BCUT2D eigenvalue weighted by Crippen LogP contribution is 2.14. The molecular formula is C13H17N3O. The molecular weight excluding hydrogens is 214 g/mol. The molecule has 0 radical (unpaired) electrons. The van der Waals surface area contributed by atoms with Crippen molar-refractivity contribution in [2.75, 3.05) is 12.8 Å². The number of hydrogen-bond acceptors (Lipinski definition) is 4. The van der Waals surface area contributed by atoms with Gasteiger partial charge in [-0.3, -0.25) is 9.88 Å². The summed E-state index contributed by atoms with van der Waals surface area (Å²) in [6, 6.07) is 5.71. The number of anilines is 1. The van der Waals surface area contributed by atoms with Gasteiger partial charge in [-0.15, -0.1) is 0 Å². The Labute approximate surface area is 101 Å². The SMILES string of the molecule is Cc1occc1CN(C)Cc1ncccc1N. The molecule has 2 N–H and O–H groups in total. The molecule has 90 valence electrons. The van der Waals surface area contributed by atoms with Crippen LogP contribution in [0.25, 0.3) is 0 Å². The van der Waals surface area contributed by atoms with Gasteiger partial charge in [0.1, 0.15) is 5.76 Å². The third kappa shape index (κ3) is 2.85. The summed E-state index contributed by atoms with van der Waals surface area (Å²) in [5.74, 6) is 0.964. The van der Waals surface area contributed by atoms with Crippen molar-refractivity contribution in [2.45, 2.75) is 20.0 Å². The minimum absolute atomic E-state index is 0.733. The molecule has 0 aromatic carbocycles. The number of aromatic nitrogens is 1. The number of rotatable bonds is 4. The fraction of sp³-hybridized carbons (Fsp3) is 0.308. The minimum atomic E-state index is 0.733. The topological polar surface area (TPSA) is 55.3 Å². The maximum absolute atomic E-state index is 5.86. The fourth-order valence-electron chi connectivity index (χ4n) is 1.76. The summed E-state index contributed by atoms with van der Waals surface area (Å²) < 4.78 is 5.27. The quantitative estimate of drug-likeness (QED) is 0.876. The first-order chi connectivity index (χ1) is 8.16. The van der Waals surface area contributed by atoms with Gasteiger partial charge in [0.2, 0.25) is 0 Å². The van der Waals surface area contributed by atoms with Gasteiger partial charge in [0.15, 0.2) is 0 Å². The zero-order valence-electron chi connectivity index (χ0n) is 10.2. The van der Waals surface area contributed by atoms with Crippen LogP contribution in [0.5, 0.6) is 0 Å². The summed E-state index contributed by atoms with van der Waals surface area (Å²) in [4.78, 5) is 6.44. The number of aryl methyl sites for hydroxylation is 1. The average molecular weight is 231 g/mol. The second-order valence-corrected chi connectivity index (χ2v) is 4.21. The van der Waals surface area contributed by atoms with Crippen molar-refractivity contribution in [3.8, 4) is 0 Å². The molecule has 0 bridgehead atoms. The summed E-state index contributed by atoms with van der Waals surface area (Å²) in [7, 11) is 2.04. The van der Waals surface area contributed by atoms with Crippen molar-refractivity contribution < 1.29 is 4.42 Å². The van der Waals surface area contributed by atoms with Crippen LogP contribution in [0.2, 0.25) is 0 Å². The van der Waals surface area contributed by atoms with Gasteiger partial charge >= 0.3 is 0 Å². The summed E-state index contributed by atoms with van der Waals surface area (Å²) >= 11 is 0. The van der Waals surface area contributed by atoms with Gasteiger partial charge in [0.25, 0.3) is 0 Å². The number of nitrogen functional groups attached to an aromatic ring is 1. The molecule has 4 nitrogen and oxygen atoms in total. The highest BCUT2D eigenvalue weighted by molar-refractivity contribution is 5.41. The summed E-state index contributed by atoms with van der Waals surface area (Å²) in [5, 5.41) is 0. The first-order valence-electron chi connectivity index (χ1n) is 5.57. The van der Waals surface area contributed by atoms with Crippen LogP contribution >= 0.6 is 0 Å². The molecule has 17 heavy (non-hydrogen) atoms. The molecule has 0 amide bonds. The molecule has 0 spiro atoms. The van der Waals surface area contributed by atoms with Crippen molar-refractivity contribution in [1.82, 2.24) is 9.88 Å². The lowest BCUT2D eigenvalue weighted by Gasteiger charge is -2.16. The molecule has 4 heteroatoms. The van der Waals surface area contributed by atoms with Gasteiger partial charge in [0, 0.05) is 24.8 Å². The van der Waals surface area contributed by atoms with E-state index in [9.17, 15) is 0 Å². The van der Waals surface area contributed by atoms with Crippen molar-refractivity contribution in [2.24, 2.45) is 0 Å². The van der Waals surface area contributed by atoms with Gasteiger partial charge in [0.05, 0.1) is 17.6 Å². The van der Waals surface area contributed by atoms with Crippen molar-refractivity contribution in [3.05, 3.63) is 47.7 Å². The molecule has 0 aliphatic heterocycles. The van der Waals surface area contributed by atoms with E-state index in [2.05, 4.69) is 9.88 Å². The number of furan rings is 1. The standard InChI is InChI=1S/C13H17N3O/c1-10-11(5-7-17-10)8-16(2)9-13-12(14)4-3-6-15-13/h3-7H,8-9,14H2,1-2H3. The molecule has 0 saturated heterocycles. The molecule has 0 saturated carbocycles. The first kappa shape index (κ1) is 11.7. The highest BCUT2D eigenvalue weighted by Gasteiger charge is 2.08. The van der Waals surface area contributed by atoms with E-state index in [-0.39, 0.29) is 0 Å². The summed E-state index contributed by atoms with van der Waals surface area (Å²) in [6.45, 7) is 3.54. The Morgan fingerprint density at radius 2 is 2.18 bits per heavy atom. The molecule has 2 heterocycles. The predicted octanol–water partition coefficient (Wildman–Crippen LogP) is 2.20. The Morgan fingerprint density at radius 1 is 1.35 bits per heavy atom. The lowest BCUT2D eigenvalue weighted by molar-refractivity contribution is 0.313. The first-order valence-corrected chi connectivity index (χ1v) is 5.57. The smallest absolute Gasteiger partial charge is 0.105 e. The van der Waals surface area contributed by atoms with Gasteiger partial charge in [-0.05, 0) is 32.2 Å². The van der Waals surface area contributed by atoms with Crippen LogP contribution in [-0.2, 0) is 13.1 Å². The van der Waals surface area contributed by atoms with Gasteiger partial charge in [-0.2, -0.15) is 0 Å². The third-order valence-corrected chi connectivity index (χ3v) is 2.75. The normalized spacial score (nSPS) is 11.0. The lowest BCUT2D eigenvalue weighted by Crippen LogP contribution is -2.19. The van der Waals surface area contributed by atoms with Crippen LogP contribution in [0, 0.1) is 6.92 Å². The molecule has 0 atom stereocenters. The van der Waals surface area contributed by atoms with Crippen LogP contribution in [-0.4, -0.2) is 16.9 Å². The molecule has 0 unspecified atom stereocenters. The van der Waals surface area contributed by atoms with Crippen molar-refractivity contribution in [3.63, 3.8) is 0 Å². The van der Waals surface area contributed by atoms with E-state index in [0.717, 1.165) is 30.2 Å². The van der Waals surface area contributed by atoms with E-state index in [1.54, 1.807) is 12.5 Å². The Hall–Kier alpha value is -1.81. The van der Waals surface area contributed by atoms with Gasteiger partial charge < -0.3 is 10.2 Å². The maximum Gasteiger partial charge on any atom is 0.105 e. The van der Waals surface area contributed by atoms with E-state index < -0.39 is 0 Å². The summed E-state index contributed by atoms with van der Waals surface area (Å²) in [5.41, 5.74) is 8.71. The lowest BCUT2D eigenvalue weighted by atomic mass is 10.2. The minimum Gasteiger partial charge on any atom is -0.469 e. The van der Waals surface area contributed by atoms with Crippen LogP contribution < -0.4 is 5.73 Å². The third-order valence-electron chi connectivity index (χ3n) is 2.75. The highest BCUT2D eigenvalue weighted by atomic mass is 16.3. The average Bonchev–Trinajstić information content (AvgIpc) is 2.68. The largest absolute Gasteiger partial charge is 0.469 e. The maximum atomic E-state index is 5.86. The predicted molar refractivity (Wildman–Crippen MR) is 67.3 cm³/mol. The fourth-order valence-corrected chi connectivity index (χ4v) is 1.76. The van der Waals surface area contributed by atoms with Gasteiger partial charge in [-0.1, -0.05) is 0 Å². The van der Waals surface area contributed by atoms with E-state index >= 15 is 0 Å². The number of pyridine rings is 1. The number of nitrogens with zero attached hydrogens (tertiary/aromatic N) is 2. The number of nitrogens with two attached hydrogens (primary N) is 1. The second kappa shape index (κ2) is 5.01. The Kier molecular flexibility index (Phi) is 3.44. The summed E-state index contributed by atoms with van der Waals surface area (Å²) in [6.07, 6.45) is 3.48. The molecule has 0 fully saturated rings. The van der Waals surface area contributed by atoms with Crippen LogP contribution in [0.1, 0.15) is 17.0 Å². The molecule has 2 rings (SSSR count). The van der Waals surface area contributed by atoms with Gasteiger partial charge in [-0.25, -0.2) is 0 Å². The van der Waals surface area contributed by atoms with Crippen LogP contribution in [0.3, 0.4) is 0 Å². The molecule has 2 aromatic rings. The van der Waals surface area contributed by atoms with Crippen LogP contribution in [0.15, 0.2) is 35.1 Å². The van der Waals surface area contributed by atoms with E-state index in [1.807, 2.05) is 32.2 Å². The monoisotopic (exact) mass is 231 g/mol. The van der Waals surface area contributed by atoms with Crippen molar-refractivity contribution >= 4 is 5.69 Å². The van der Waals surface area contributed by atoms with E-state index in [1.165, 1.54) is 5.56 Å². The molecule has 0 aliphatic carbocycles. The van der Waals surface area contributed by atoms with E-state index in [4.69, 9.17) is 10.2 Å². The Bertz CT molecular complexity index is 493. The Balaban J connectivity index is 2.01. The Morgan fingerprint density at radius 3 is 2.82 bits per heavy atom. The molecule has 0 aliphatic rings. The number of hydrogen-bond donors (Lipinski definition) is 1. The van der Waals surface area contributed by atoms with Crippen LogP contribution in [0.4, 0.5) is 5.69 Å². The molecule has 2 aromatic heterocycles. The second-order valence-electron chi connectivity index (χ2n) is 4.21. The zero-order valence-corrected chi connectivity index (χ0v) is 10.2. The van der Waals surface area contributed by atoms with Crippen molar-refractivity contribution in [1.29, 1.82) is 0 Å². The van der Waals surface area contributed by atoms with E-state index in [0.29, 0.717) is 0 Å². The zero-order chi connectivity index (χ0) is 12.3.